The minimum atomic E-state index is -0.692. The highest BCUT2D eigenvalue weighted by Gasteiger charge is 2.18. The van der Waals surface area contributed by atoms with Gasteiger partial charge in [-0.05, 0) is 44.7 Å². The van der Waals surface area contributed by atoms with Crippen molar-refractivity contribution >= 4 is 0 Å². The van der Waals surface area contributed by atoms with Crippen LogP contribution in [-0.4, -0.2) is 25.8 Å². The molecule has 0 N–H and O–H groups in total. The number of rotatable bonds is 17. The van der Waals surface area contributed by atoms with Gasteiger partial charge in [0.15, 0.2) is 0 Å². The lowest BCUT2D eigenvalue weighted by Crippen LogP contribution is -2.28. The summed E-state index contributed by atoms with van der Waals surface area (Å²) >= 11 is 0. The molecule has 0 amide bonds. The molecule has 0 aromatic heterocycles. The molecule has 0 radical (unpaired) electrons. The van der Waals surface area contributed by atoms with Crippen LogP contribution in [0, 0.1) is 11.6 Å². The van der Waals surface area contributed by atoms with Crippen molar-refractivity contribution in [3.05, 3.63) is 35.4 Å². The molecule has 0 fully saturated rings. The molecule has 28 heavy (non-hydrogen) atoms. The molecule has 1 unspecified atom stereocenters. The van der Waals surface area contributed by atoms with Gasteiger partial charge in [0, 0.05) is 19.3 Å². The van der Waals surface area contributed by atoms with Gasteiger partial charge in [-0.15, -0.1) is 0 Å². The summed E-state index contributed by atoms with van der Waals surface area (Å²) in [5, 5.41) is 0. The molecule has 1 rings (SSSR count). The number of hydrogen-bond donors (Lipinski definition) is 0. The van der Waals surface area contributed by atoms with Crippen LogP contribution in [0.25, 0.3) is 0 Å². The molecule has 0 spiro atoms. The highest BCUT2D eigenvalue weighted by atomic mass is 19.1. The van der Waals surface area contributed by atoms with E-state index in [4.69, 9.17) is 14.2 Å². The smallest absolute Gasteiger partial charge is 0.271 e. The summed E-state index contributed by atoms with van der Waals surface area (Å²) < 4.78 is 44.1. The fourth-order valence-electron chi connectivity index (χ4n) is 3.21. The maximum atomic E-state index is 13.9. The Hall–Kier alpha value is -1.04. The zero-order valence-corrected chi connectivity index (χ0v) is 17.9. The third-order valence-corrected chi connectivity index (χ3v) is 4.79. The lowest BCUT2D eigenvalue weighted by molar-refractivity contribution is -0.302. The number of ether oxygens (including phenoxy) is 3. The van der Waals surface area contributed by atoms with Gasteiger partial charge in [0.05, 0.1) is 6.10 Å². The van der Waals surface area contributed by atoms with Gasteiger partial charge in [-0.3, -0.25) is 0 Å². The topological polar surface area (TPSA) is 27.7 Å². The molecular formula is C23H38F2O3. The van der Waals surface area contributed by atoms with Crippen LogP contribution < -0.4 is 0 Å². The van der Waals surface area contributed by atoms with E-state index in [0.29, 0.717) is 31.6 Å². The van der Waals surface area contributed by atoms with Gasteiger partial charge in [0.2, 0.25) is 0 Å². The minimum absolute atomic E-state index is 0.0804. The third-order valence-electron chi connectivity index (χ3n) is 4.79. The van der Waals surface area contributed by atoms with E-state index in [9.17, 15) is 8.78 Å². The molecule has 162 valence electrons. The summed E-state index contributed by atoms with van der Waals surface area (Å²) in [5.41, 5.74) is 0.513. The Bertz CT molecular complexity index is 505. The van der Waals surface area contributed by atoms with E-state index in [0.717, 1.165) is 18.9 Å². The SMILES string of the molecule is CCCCCCCCCC(CCc1ccc(F)cc1F)OC(OCC)OCC. The molecular weight excluding hydrogens is 362 g/mol. The Kier molecular flexibility index (Phi) is 14.1. The zero-order valence-electron chi connectivity index (χ0n) is 17.9. The molecule has 3 nitrogen and oxygen atoms in total. The van der Waals surface area contributed by atoms with Crippen molar-refractivity contribution in [3.8, 4) is 0 Å². The molecule has 0 aliphatic heterocycles. The fraction of sp³-hybridized carbons (Fsp3) is 0.739. The van der Waals surface area contributed by atoms with E-state index in [1.54, 1.807) is 0 Å². The lowest BCUT2D eigenvalue weighted by Gasteiger charge is -2.24. The molecule has 1 aromatic carbocycles. The number of unbranched alkanes of at least 4 members (excludes halogenated alkanes) is 6. The average molecular weight is 401 g/mol. The second kappa shape index (κ2) is 15.8. The van der Waals surface area contributed by atoms with Crippen LogP contribution in [0.3, 0.4) is 0 Å². The Labute approximate surface area is 169 Å². The number of halogens is 2. The van der Waals surface area contributed by atoms with E-state index >= 15 is 0 Å². The van der Waals surface area contributed by atoms with Crippen LogP contribution >= 0.6 is 0 Å². The van der Waals surface area contributed by atoms with Crippen molar-refractivity contribution in [3.63, 3.8) is 0 Å². The zero-order chi connectivity index (χ0) is 20.6. The maximum absolute atomic E-state index is 13.9. The molecule has 0 saturated carbocycles. The summed E-state index contributed by atoms with van der Waals surface area (Å²) in [6, 6.07) is 3.75. The van der Waals surface area contributed by atoms with E-state index in [1.807, 2.05) is 13.8 Å². The van der Waals surface area contributed by atoms with Gasteiger partial charge in [0.25, 0.3) is 6.48 Å². The van der Waals surface area contributed by atoms with E-state index < -0.39 is 18.1 Å². The van der Waals surface area contributed by atoms with Crippen LogP contribution in [0.4, 0.5) is 8.78 Å². The molecule has 0 aliphatic rings. The quantitative estimate of drug-likeness (QED) is 0.213. The van der Waals surface area contributed by atoms with Crippen LogP contribution in [0.15, 0.2) is 18.2 Å². The highest BCUT2D eigenvalue weighted by molar-refractivity contribution is 5.18. The normalized spacial score (nSPS) is 12.6. The predicted octanol–water partition coefficient (Wildman–Crippen LogP) is 6.78. The standard InChI is InChI=1S/C23H38F2O3/c1-4-7-8-9-10-11-12-13-21(28-23(26-5-2)27-6-3)17-15-19-14-16-20(24)18-22(19)25/h14,16,18,21,23H,4-13,15,17H2,1-3H3. The number of benzene rings is 1. The van der Waals surface area contributed by atoms with E-state index in [2.05, 4.69) is 6.92 Å². The molecule has 0 saturated heterocycles. The number of aryl methyl sites for hydroxylation is 1. The first-order valence-electron chi connectivity index (χ1n) is 10.9. The highest BCUT2D eigenvalue weighted by Crippen LogP contribution is 2.19. The molecule has 1 atom stereocenters. The summed E-state index contributed by atoms with van der Waals surface area (Å²) in [7, 11) is 0. The first-order valence-corrected chi connectivity index (χ1v) is 10.9. The van der Waals surface area contributed by atoms with Gasteiger partial charge < -0.3 is 14.2 Å². The third kappa shape index (κ3) is 11.1. The summed E-state index contributed by atoms with van der Waals surface area (Å²) in [4.78, 5) is 0. The van der Waals surface area contributed by atoms with Crippen molar-refractivity contribution in [2.75, 3.05) is 13.2 Å². The van der Waals surface area contributed by atoms with Gasteiger partial charge in [-0.25, -0.2) is 8.78 Å². The molecule has 0 aliphatic carbocycles. The maximum Gasteiger partial charge on any atom is 0.271 e. The van der Waals surface area contributed by atoms with Crippen LogP contribution in [0.2, 0.25) is 0 Å². The first kappa shape index (κ1) is 25.0. The Morgan fingerprint density at radius 2 is 1.46 bits per heavy atom. The molecule has 1 aromatic rings. The Balaban J connectivity index is 2.53. The second-order valence-corrected chi connectivity index (χ2v) is 7.14. The Morgan fingerprint density at radius 3 is 2.07 bits per heavy atom. The van der Waals surface area contributed by atoms with Gasteiger partial charge in [-0.1, -0.05) is 57.9 Å². The van der Waals surface area contributed by atoms with Crippen LogP contribution in [-0.2, 0) is 20.6 Å². The van der Waals surface area contributed by atoms with E-state index in [-0.39, 0.29) is 6.10 Å². The van der Waals surface area contributed by atoms with Gasteiger partial charge >= 0.3 is 0 Å². The molecule has 0 heterocycles. The summed E-state index contributed by atoms with van der Waals surface area (Å²) in [6.45, 7) is 6.33. The lowest BCUT2D eigenvalue weighted by atomic mass is 10.0. The first-order chi connectivity index (χ1) is 13.6. The minimum Gasteiger partial charge on any atom is -0.330 e. The summed E-state index contributed by atoms with van der Waals surface area (Å²) in [5.74, 6) is -1.05. The summed E-state index contributed by atoms with van der Waals surface area (Å²) in [6.07, 6.45) is 10.6. The van der Waals surface area contributed by atoms with Crippen molar-refractivity contribution in [1.82, 2.24) is 0 Å². The molecule has 0 bridgehead atoms. The number of hydrogen-bond acceptors (Lipinski definition) is 3. The average Bonchev–Trinajstić information content (AvgIpc) is 2.66. The van der Waals surface area contributed by atoms with Gasteiger partial charge in [-0.2, -0.15) is 0 Å². The monoisotopic (exact) mass is 400 g/mol. The predicted molar refractivity (Wildman–Crippen MR) is 109 cm³/mol. The fourth-order valence-corrected chi connectivity index (χ4v) is 3.21. The van der Waals surface area contributed by atoms with Crippen molar-refractivity contribution in [2.45, 2.75) is 97.6 Å². The van der Waals surface area contributed by atoms with Crippen molar-refractivity contribution in [2.24, 2.45) is 0 Å². The second-order valence-electron chi connectivity index (χ2n) is 7.14. The Morgan fingerprint density at radius 1 is 0.821 bits per heavy atom. The van der Waals surface area contributed by atoms with Gasteiger partial charge in [0.1, 0.15) is 11.6 Å². The van der Waals surface area contributed by atoms with Crippen LogP contribution in [0.5, 0.6) is 0 Å². The van der Waals surface area contributed by atoms with Crippen molar-refractivity contribution in [1.29, 1.82) is 0 Å². The van der Waals surface area contributed by atoms with Crippen LogP contribution in [0.1, 0.15) is 84.1 Å². The molecule has 5 heteroatoms. The largest absolute Gasteiger partial charge is 0.330 e. The van der Waals surface area contributed by atoms with Crippen molar-refractivity contribution < 1.29 is 23.0 Å². The van der Waals surface area contributed by atoms with E-state index in [1.165, 1.54) is 50.7 Å².